The maximum Gasteiger partial charge on any atom is 0.321 e. The first-order chi connectivity index (χ1) is 13.3. The van der Waals surface area contributed by atoms with E-state index in [4.69, 9.17) is 9.47 Å². The van der Waals surface area contributed by atoms with E-state index in [0.29, 0.717) is 18.6 Å². The van der Waals surface area contributed by atoms with Gasteiger partial charge >= 0.3 is 12.0 Å². The van der Waals surface area contributed by atoms with E-state index in [1.54, 1.807) is 12.1 Å². The van der Waals surface area contributed by atoms with Crippen LogP contribution in [-0.2, 0) is 24.3 Å². The van der Waals surface area contributed by atoms with Crippen LogP contribution in [0.15, 0.2) is 29.2 Å². The van der Waals surface area contributed by atoms with Crippen molar-refractivity contribution < 1.29 is 32.3 Å². The summed E-state index contributed by atoms with van der Waals surface area (Å²) in [5.74, 6) is -1.60. The molecule has 1 aliphatic heterocycles. The summed E-state index contributed by atoms with van der Waals surface area (Å²) in [4.78, 5) is 34.8. The van der Waals surface area contributed by atoms with E-state index in [9.17, 15) is 22.8 Å². The number of rotatable bonds is 6. The van der Waals surface area contributed by atoms with Crippen LogP contribution in [0.1, 0.15) is 12.8 Å². The van der Waals surface area contributed by atoms with Gasteiger partial charge in [0, 0.05) is 20.1 Å². The molecule has 1 heterocycles. The molecular formula is C17H23N3O7S. The molecule has 0 radical (unpaired) electrons. The molecular weight excluding hydrogens is 390 g/mol. The number of imide groups is 1. The summed E-state index contributed by atoms with van der Waals surface area (Å²) in [6.45, 7) is -0.368. The molecule has 10 nitrogen and oxygen atoms in total. The molecule has 1 aliphatic rings. The van der Waals surface area contributed by atoms with Crippen molar-refractivity contribution in [2.24, 2.45) is 5.92 Å². The Bertz CT molecular complexity index is 824. The lowest BCUT2D eigenvalue weighted by Crippen LogP contribution is -2.44. The van der Waals surface area contributed by atoms with Gasteiger partial charge in [-0.15, -0.1) is 0 Å². The summed E-state index contributed by atoms with van der Waals surface area (Å²) in [5, 5.41) is 4.17. The number of ether oxygens (including phenoxy) is 2. The van der Waals surface area contributed by atoms with Crippen LogP contribution >= 0.6 is 0 Å². The predicted molar refractivity (Wildman–Crippen MR) is 98.0 cm³/mol. The summed E-state index contributed by atoms with van der Waals surface area (Å²) in [6, 6.07) is 5.27. The van der Waals surface area contributed by atoms with Gasteiger partial charge in [-0.2, -0.15) is 4.31 Å². The Morgan fingerprint density at radius 2 is 1.89 bits per heavy atom. The number of amides is 3. The van der Waals surface area contributed by atoms with Gasteiger partial charge in [-0.25, -0.2) is 13.2 Å². The Balaban J connectivity index is 1.97. The monoisotopic (exact) mass is 413 g/mol. The average Bonchev–Trinajstić information content (AvgIpc) is 2.72. The topological polar surface area (TPSA) is 131 Å². The van der Waals surface area contributed by atoms with Crippen molar-refractivity contribution in [2.75, 3.05) is 33.9 Å². The zero-order valence-electron chi connectivity index (χ0n) is 15.6. The van der Waals surface area contributed by atoms with E-state index in [1.165, 1.54) is 30.6 Å². The van der Waals surface area contributed by atoms with Crippen LogP contribution in [0.3, 0.4) is 0 Å². The molecule has 1 unspecified atom stereocenters. The lowest BCUT2D eigenvalue weighted by molar-refractivity contribution is -0.153. The second-order valence-corrected chi connectivity index (χ2v) is 8.05. The standard InChI is InChI=1S/C17H23N3O7S/c1-18-17(23)19-15(21)11-27-16(22)12-4-3-9-20(10-12)28(24,25)14-7-5-13(26-2)6-8-14/h5-8,12H,3-4,9-11H2,1-2H3,(H2,18,19,21,23). The Labute approximate surface area is 163 Å². The number of nitrogens with one attached hydrogen (secondary N) is 2. The molecule has 1 fully saturated rings. The van der Waals surface area contributed by atoms with E-state index in [0.717, 1.165) is 0 Å². The first-order valence-corrected chi connectivity index (χ1v) is 10.0. The highest BCUT2D eigenvalue weighted by Crippen LogP contribution is 2.25. The van der Waals surface area contributed by atoms with Crippen LogP contribution in [0.4, 0.5) is 4.79 Å². The fourth-order valence-corrected chi connectivity index (χ4v) is 4.25. The van der Waals surface area contributed by atoms with Crippen molar-refractivity contribution in [1.82, 2.24) is 14.9 Å². The number of esters is 1. The Kier molecular flexibility index (Phi) is 7.35. The van der Waals surface area contributed by atoms with Crippen molar-refractivity contribution in [1.29, 1.82) is 0 Å². The minimum atomic E-state index is -3.77. The van der Waals surface area contributed by atoms with E-state index in [2.05, 4.69) is 5.32 Å². The Morgan fingerprint density at radius 3 is 2.50 bits per heavy atom. The predicted octanol–water partition coefficient (Wildman–Crippen LogP) is 0.0947. The summed E-state index contributed by atoms with van der Waals surface area (Å²) in [6.07, 6.45) is 0.935. The van der Waals surface area contributed by atoms with Gasteiger partial charge in [0.05, 0.1) is 17.9 Å². The van der Waals surface area contributed by atoms with Gasteiger partial charge in [0.1, 0.15) is 5.75 Å². The van der Waals surface area contributed by atoms with Crippen molar-refractivity contribution in [3.8, 4) is 5.75 Å². The molecule has 3 amide bonds. The van der Waals surface area contributed by atoms with Crippen molar-refractivity contribution in [3.63, 3.8) is 0 Å². The SMILES string of the molecule is CNC(=O)NC(=O)COC(=O)C1CCCN(S(=O)(=O)c2ccc(OC)cc2)C1. The molecule has 1 aromatic rings. The molecule has 0 spiro atoms. The number of nitrogens with zero attached hydrogens (tertiary/aromatic N) is 1. The summed E-state index contributed by atoms with van der Waals surface area (Å²) >= 11 is 0. The van der Waals surface area contributed by atoms with Crippen LogP contribution in [0.2, 0.25) is 0 Å². The van der Waals surface area contributed by atoms with Gasteiger partial charge in [0.25, 0.3) is 5.91 Å². The molecule has 0 aromatic heterocycles. The smallest absolute Gasteiger partial charge is 0.321 e. The van der Waals surface area contributed by atoms with E-state index in [-0.39, 0.29) is 18.0 Å². The molecule has 2 rings (SSSR count). The van der Waals surface area contributed by atoms with Crippen LogP contribution in [0, 0.1) is 5.92 Å². The van der Waals surface area contributed by atoms with Gasteiger partial charge in [0.15, 0.2) is 6.61 Å². The van der Waals surface area contributed by atoms with E-state index in [1.807, 2.05) is 5.32 Å². The number of carbonyl (C=O) groups is 3. The third kappa shape index (κ3) is 5.42. The quantitative estimate of drug-likeness (QED) is 0.632. The molecule has 0 bridgehead atoms. The molecule has 11 heteroatoms. The zero-order chi connectivity index (χ0) is 20.7. The normalized spacial score (nSPS) is 17.4. The largest absolute Gasteiger partial charge is 0.497 e. The van der Waals surface area contributed by atoms with E-state index >= 15 is 0 Å². The lowest BCUT2D eigenvalue weighted by Gasteiger charge is -2.30. The van der Waals surface area contributed by atoms with Gasteiger partial charge in [-0.1, -0.05) is 0 Å². The van der Waals surface area contributed by atoms with Crippen molar-refractivity contribution in [2.45, 2.75) is 17.7 Å². The second-order valence-electron chi connectivity index (χ2n) is 6.11. The Hall–Kier alpha value is -2.66. The van der Waals surface area contributed by atoms with Crippen molar-refractivity contribution in [3.05, 3.63) is 24.3 Å². The molecule has 1 saturated heterocycles. The fraction of sp³-hybridized carbons (Fsp3) is 0.471. The number of hydrogen-bond acceptors (Lipinski definition) is 7. The highest BCUT2D eigenvalue weighted by Gasteiger charge is 2.34. The molecule has 0 aliphatic carbocycles. The number of piperidine rings is 1. The van der Waals surface area contributed by atoms with Crippen LogP contribution < -0.4 is 15.4 Å². The summed E-state index contributed by atoms with van der Waals surface area (Å²) in [5.41, 5.74) is 0. The number of carbonyl (C=O) groups excluding carboxylic acids is 3. The first-order valence-electron chi connectivity index (χ1n) is 8.60. The van der Waals surface area contributed by atoms with Crippen LogP contribution in [0.5, 0.6) is 5.75 Å². The highest BCUT2D eigenvalue weighted by molar-refractivity contribution is 7.89. The van der Waals surface area contributed by atoms with Gasteiger partial charge in [-0.3, -0.25) is 14.9 Å². The molecule has 1 atom stereocenters. The summed E-state index contributed by atoms with van der Waals surface area (Å²) in [7, 11) is -0.939. The zero-order valence-corrected chi connectivity index (χ0v) is 16.5. The third-order valence-electron chi connectivity index (χ3n) is 4.24. The van der Waals surface area contributed by atoms with Crippen LogP contribution in [-0.4, -0.2) is 64.5 Å². The second kappa shape index (κ2) is 9.51. The fourth-order valence-electron chi connectivity index (χ4n) is 2.73. The van der Waals surface area contributed by atoms with Gasteiger partial charge < -0.3 is 14.8 Å². The number of sulfonamides is 1. The van der Waals surface area contributed by atoms with E-state index < -0.39 is 40.5 Å². The summed E-state index contributed by atoms with van der Waals surface area (Å²) < 4.78 is 36.8. The minimum absolute atomic E-state index is 0.0374. The molecule has 0 saturated carbocycles. The highest BCUT2D eigenvalue weighted by atomic mass is 32.2. The maximum absolute atomic E-state index is 12.8. The first kappa shape index (κ1) is 21.6. The molecule has 1 aromatic carbocycles. The molecule has 28 heavy (non-hydrogen) atoms. The molecule has 2 N–H and O–H groups in total. The Morgan fingerprint density at radius 1 is 1.21 bits per heavy atom. The number of methoxy groups -OCH3 is 1. The lowest BCUT2D eigenvalue weighted by atomic mass is 10.00. The van der Waals surface area contributed by atoms with Crippen molar-refractivity contribution >= 4 is 27.9 Å². The van der Waals surface area contributed by atoms with Gasteiger partial charge in [-0.05, 0) is 37.1 Å². The average molecular weight is 413 g/mol. The van der Waals surface area contributed by atoms with Crippen LogP contribution in [0.25, 0.3) is 0 Å². The number of urea groups is 1. The third-order valence-corrected chi connectivity index (χ3v) is 6.12. The minimum Gasteiger partial charge on any atom is -0.497 e. The maximum atomic E-state index is 12.8. The molecule has 154 valence electrons. The number of benzene rings is 1. The number of hydrogen-bond donors (Lipinski definition) is 2. The van der Waals surface area contributed by atoms with Gasteiger partial charge in [0.2, 0.25) is 10.0 Å².